The molecular formula is C26H20FN3O. The molecule has 2 aromatic heterocycles. The van der Waals surface area contributed by atoms with E-state index in [1.807, 2.05) is 59.0 Å². The van der Waals surface area contributed by atoms with Crippen LogP contribution in [-0.4, -0.2) is 19.9 Å². The maximum absolute atomic E-state index is 13.4. The lowest BCUT2D eigenvalue weighted by atomic mass is 9.94. The average Bonchev–Trinajstić information content (AvgIpc) is 3.39. The predicted octanol–water partition coefficient (Wildman–Crippen LogP) is 5.46. The summed E-state index contributed by atoms with van der Waals surface area (Å²) in [6.45, 7) is 0.551. The number of hydrogen-bond acceptors (Lipinski definition) is 2. The molecule has 4 nitrogen and oxygen atoms in total. The summed E-state index contributed by atoms with van der Waals surface area (Å²) < 4.78 is 17.3. The number of ketones is 1. The van der Waals surface area contributed by atoms with Crippen molar-refractivity contribution in [3.05, 3.63) is 114 Å². The number of aryl methyl sites for hydroxylation is 1. The van der Waals surface area contributed by atoms with Gasteiger partial charge in [-0.1, -0.05) is 42.5 Å². The molecule has 0 saturated heterocycles. The van der Waals surface area contributed by atoms with Crippen LogP contribution in [0, 0.1) is 5.82 Å². The van der Waals surface area contributed by atoms with Crippen LogP contribution in [0.4, 0.5) is 4.39 Å². The van der Waals surface area contributed by atoms with Crippen molar-refractivity contribution in [3.8, 4) is 11.1 Å². The number of halogens is 1. The molecule has 0 atom stereocenters. The average molecular weight is 409 g/mol. The zero-order valence-corrected chi connectivity index (χ0v) is 17.0. The molecule has 0 spiro atoms. The Morgan fingerprint density at radius 1 is 0.903 bits per heavy atom. The maximum Gasteiger partial charge on any atom is 0.195 e. The van der Waals surface area contributed by atoms with Crippen molar-refractivity contribution >= 4 is 16.6 Å². The fourth-order valence-corrected chi connectivity index (χ4v) is 3.95. The number of benzene rings is 3. The number of carbonyl (C=O) groups is 1. The van der Waals surface area contributed by atoms with Gasteiger partial charge in [0.1, 0.15) is 5.82 Å². The van der Waals surface area contributed by atoms with Gasteiger partial charge in [-0.25, -0.2) is 9.37 Å². The summed E-state index contributed by atoms with van der Waals surface area (Å²) >= 11 is 0. The highest BCUT2D eigenvalue weighted by molar-refractivity contribution is 6.14. The van der Waals surface area contributed by atoms with E-state index >= 15 is 0 Å². The zero-order chi connectivity index (χ0) is 21.4. The number of fused-ring (bicyclic) bond motifs is 1. The first kappa shape index (κ1) is 19.0. The summed E-state index contributed by atoms with van der Waals surface area (Å²) in [5.74, 6) is -0.499. The molecule has 0 fully saturated rings. The molecule has 0 amide bonds. The number of hydrogen-bond donors (Lipinski definition) is 0. The highest BCUT2D eigenvalue weighted by Crippen LogP contribution is 2.33. The van der Waals surface area contributed by atoms with Crippen molar-refractivity contribution in [3.63, 3.8) is 0 Å². The van der Waals surface area contributed by atoms with E-state index in [-0.39, 0.29) is 11.6 Å². The van der Waals surface area contributed by atoms with Gasteiger partial charge >= 0.3 is 0 Å². The van der Waals surface area contributed by atoms with E-state index in [4.69, 9.17) is 0 Å². The molecule has 5 rings (SSSR count). The molecule has 0 bridgehead atoms. The van der Waals surface area contributed by atoms with Crippen LogP contribution >= 0.6 is 0 Å². The summed E-state index contributed by atoms with van der Waals surface area (Å²) in [5, 5.41) is 2.19. The molecule has 0 unspecified atom stereocenters. The first-order valence-corrected chi connectivity index (χ1v) is 10.0. The van der Waals surface area contributed by atoms with Gasteiger partial charge in [-0.15, -0.1) is 0 Å². The molecule has 5 heteroatoms. The second-order valence-corrected chi connectivity index (χ2v) is 7.65. The van der Waals surface area contributed by atoms with E-state index in [9.17, 15) is 9.18 Å². The Morgan fingerprint density at radius 3 is 2.45 bits per heavy atom. The molecular weight excluding hydrogens is 389 g/mol. The summed E-state index contributed by atoms with van der Waals surface area (Å²) in [6.07, 6.45) is 7.57. The van der Waals surface area contributed by atoms with Crippen molar-refractivity contribution in [2.45, 2.75) is 6.54 Å². The van der Waals surface area contributed by atoms with Crippen LogP contribution < -0.4 is 0 Å². The van der Waals surface area contributed by atoms with E-state index in [0.29, 0.717) is 17.7 Å². The van der Waals surface area contributed by atoms with Gasteiger partial charge in [-0.05, 0) is 40.6 Å². The minimum Gasteiger partial charge on any atom is -0.347 e. The third-order valence-electron chi connectivity index (χ3n) is 5.41. The van der Waals surface area contributed by atoms with Crippen LogP contribution in [0.1, 0.15) is 21.6 Å². The van der Waals surface area contributed by atoms with Gasteiger partial charge < -0.3 is 9.13 Å². The van der Waals surface area contributed by atoms with Crippen molar-refractivity contribution in [1.82, 2.24) is 14.1 Å². The summed E-state index contributed by atoms with van der Waals surface area (Å²) in [7, 11) is 1.93. The molecule has 0 saturated carbocycles. The lowest BCUT2D eigenvalue weighted by Gasteiger charge is -2.08. The second-order valence-electron chi connectivity index (χ2n) is 7.65. The number of carbonyl (C=O) groups excluding carboxylic acids is 1. The molecule has 0 aliphatic rings. The van der Waals surface area contributed by atoms with Crippen molar-refractivity contribution in [1.29, 1.82) is 0 Å². The fourth-order valence-electron chi connectivity index (χ4n) is 3.95. The van der Waals surface area contributed by atoms with Crippen molar-refractivity contribution in [2.75, 3.05) is 0 Å². The van der Waals surface area contributed by atoms with Gasteiger partial charge in [-0.3, -0.25) is 4.79 Å². The van der Waals surface area contributed by atoms with Gasteiger partial charge in [0, 0.05) is 42.3 Å². The minimum atomic E-state index is -0.362. The standard InChI is InChI=1S/C26H20FN3O/c1-29-13-21(28-17-29)14-30-15-24(23-8-4-6-18-5-2-3-7-22(18)23)25(16-30)26(31)19-9-11-20(27)12-10-19/h2-13,15-17H,14H2,1H3. The molecule has 0 radical (unpaired) electrons. The number of rotatable bonds is 5. The molecule has 5 aromatic rings. The quantitative estimate of drug-likeness (QED) is 0.362. The lowest BCUT2D eigenvalue weighted by Crippen LogP contribution is -2.02. The van der Waals surface area contributed by atoms with E-state index in [1.54, 1.807) is 6.33 Å². The van der Waals surface area contributed by atoms with Gasteiger partial charge in [0.25, 0.3) is 0 Å². The molecule has 2 heterocycles. The third kappa shape index (κ3) is 3.66. The third-order valence-corrected chi connectivity index (χ3v) is 5.41. The lowest BCUT2D eigenvalue weighted by molar-refractivity contribution is 0.103. The molecule has 0 N–H and O–H groups in total. The Balaban J connectivity index is 1.66. The Morgan fingerprint density at radius 2 is 1.68 bits per heavy atom. The zero-order valence-electron chi connectivity index (χ0n) is 17.0. The van der Waals surface area contributed by atoms with Gasteiger partial charge in [-0.2, -0.15) is 0 Å². The van der Waals surface area contributed by atoms with Crippen molar-refractivity contribution in [2.24, 2.45) is 7.05 Å². The first-order valence-electron chi connectivity index (χ1n) is 10.0. The normalized spacial score (nSPS) is 11.2. The van der Waals surface area contributed by atoms with E-state index in [2.05, 4.69) is 23.2 Å². The summed E-state index contributed by atoms with van der Waals surface area (Å²) in [5.41, 5.74) is 3.78. The van der Waals surface area contributed by atoms with Crippen LogP contribution in [0.25, 0.3) is 21.9 Å². The molecule has 3 aromatic carbocycles. The predicted molar refractivity (Wildman–Crippen MR) is 120 cm³/mol. The van der Waals surface area contributed by atoms with Crippen LogP contribution in [0.2, 0.25) is 0 Å². The maximum atomic E-state index is 13.4. The monoisotopic (exact) mass is 409 g/mol. The van der Waals surface area contributed by atoms with Crippen LogP contribution in [0.3, 0.4) is 0 Å². The van der Waals surface area contributed by atoms with Crippen molar-refractivity contribution < 1.29 is 9.18 Å². The van der Waals surface area contributed by atoms with E-state index in [1.165, 1.54) is 24.3 Å². The topological polar surface area (TPSA) is 39.8 Å². The Labute approximate surface area is 179 Å². The van der Waals surface area contributed by atoms with Crippen LogP contribution in [-0.2, 0) is 13.6 Å². The Bertz CT molecular complexity index is 1390. The van der Waals surface area contributed by atoms with Gasteiger partial charge in [0.05, 0.1) is 18.6 Å². The SMILES string of the molecule is Cn1cnc(Cn2cc(C(=O)c3ccc(F)cc3)c(-c3cccc4ccccc34)c2)c1. The van der Waals surface area contributed by atoms with Crippen LogP contribution in [0.5, 0.6) is 0 Å². The molecule has 31 heavy (non-hydrogen) atoms. The minimum absolute atomic E-state index is 0.136. The summed E-state index contributed by atoms with van der Waals surface area (Å²) in [4.78, 5) is 17.8. The highest BCUT2D eigenvalue weighted by atomic mass is 19.1. The number of imidazole rings is 1. The second kappa shape index (κ2) is 7.69. The molecule has 0 aliphatic heterocycles. The highest BCUT2D eigenvalue weighted by Gasteiger charge is 2.19. The Hall–Kier alpha value is -3.99. The summed E-state index contributed by atoms with van der Waals surface area (Å²) in [6, 6.07) is 19.9. The van der Waals surface area contributed by atoms with Crippen LogP contribution in [0.15, 0.2) is 91.6 Å². The van der Waals surface area contributed by atoms with E-state index in [0.717, 1.165) is 27.6 Å². The fraction of sp³-hybridized carbons (Fsp3) is 0.0769. The van der Waals surface area contributed by atoms with Gasteiger partial charge in [0.2, 0.25) is 0 Å². The smallest absolute Gasteiger partial charge is 0.195 e. The Kier molecular flexibility index (Phi) is 4.71. The number of nitrogens with zero attached hydrogens (tertiary/aromatic N) is 3. The molecule has 152 valence electrons. The van der Waals surface area contributed by atoms with E-state index < -0.39 is 0 Å². The first-order chi connectivity index (χ1) is 15.1. The number of aromatic nitrogens is 3. The van der Waals surface area contributed by atoms with Gasteiger partial charge in [0.15, 0.2) is 5.78 Å². The molecule has 0 aliphatic carbocycles. The largest absolute Gasteiger partial charge is 0.347 e.